The normalized spacial score (nSPS) is 16.2. The molecule has 0 radical (unpaired) electrons. The highest BCUT2D eigenvalue weighted by Gasteiger charge is 2.44. The average molecular weight is 392 g/mol. The number of fused-ring (bicyclic) bond motifs is 2. The van der Waals surface area contributed by atoms with Gasteiger partial charge >= 0.3 is 6.09 Å². The first-order chi connectivity index (χ1) is 13.7. The van der Waals surface area contributed by atoms with Gasteiger partial charge in [-0.2, -0.15) is 0 Å². The van der Waals surface area contributed by atoms with E-state index in [9.17, 15) is 9.59 Å². The van der Waals surface area contributed by atoms with E-state index in [-0.39, 0.29) is 5.91 Å². The first-order valence-electron chi connectivity index (χ1n) is 9.50. The SMILES string of the molecule is COc1ccc2c(c1)C(c1cn(C)c3ccccc13)C(=O)N2C(=O)OC(C)(C)C. The molecule has 1 unspecified atom stereocenters. The summed E-state index contributed by atoms with van der Waals surface area (Å²) in [5.41, 5.74) is 2.44. The van der Waals surface area contributed by atoms with E-state index < -0.39 is 17.6 Å². The van der Waals surface area contributed by atoms with Crippen molar-refractivity contribution in [2.45, 2.75) is 32.3 Å². The van der Waals surface area contributed by atoms with Crippen molar-refractivity contribution in [2.24, 2.45) is 7.05 Å². The first kappa shape index (κ1) is 19.1. The van der Waals surface area contributed by atoms with E-state index in [0.717, 1.165) is 26.9 Å². The molecule has 2 aromatic carbocycles. The predicted octanol–water partition coefficient (Wildman–Crippen LogP) is 4.60. The van der Waals surface area contributed by atoms with Crippen molar-refractivity contribution in [3.05, 3.63) is 59.8 Å². The zero-order chi connectivity index (χ0) is 20.9. The van der Waals surface area contributed by atoms with Gasteiger partial charge < -0.3 is 14.0 Å². The molecule has 0 bridgehead atoms. The second kappa shape index (κ2) is 6.65. The van der Waals surface area contributed by atoms with Gasteiger partial charge in [0, 0.05) is 24.1 Å². The molecule has 1 aliphatic rings. The molecular weight excluding hydrogens is 368 g/mol. The minimum Gasteiger partial charge on any atom is -0.497 e. The third-order valence-electron chi connectivity index (χ3n) is 5.07. The highest BCUT2D eigenvalue weighted by Crippen LogP contribution is 2.45. The van der Waals surface area contributed by atoms with E-state index in [1.807, 2.05) is 48.1 Å². The lowest BCUT2D eigenvalue weighted by molar-refractivity contribution is -0.118. The Morgan fingerprint density at radius 1 is 1.07 bits per heavy atom. The number of rotatable bonds is 2. The Labute approximate surface area is 169 Å². The molecule has 1 aliphatic heterocycles. The fraction of sp³-hybridized carbons (Fsp3) is 0.304. The van der Waals surface area contributed by atoms with Crippen LogP contribution in [-0.2, 0) is 16.6 Å². The number of carbonyl (C=O) groups excluding carboxylic acids is 2. The van der Waals surface area contributed by atoms with Crippen molar-refractivity contribution in [3.8, 4) is 5.75 Å². The lowest BCUT2D eigenvalue weighted by Crippen LogP contribution is -2.39. The van der Waals surface area contributed by atoms with Gasteiger partial charge in [0.15, 0.2) is 0 Å². The molecule has 2 heterocycles. The molecule has 4 rings (SSSR count). The largest absolute Gasteiger partial charge is 0.497 e. The van der Waals surface area contributed by atoms with Crippen LogP contribution in [0.5, 0.6) is 5.75 Å². The van der Waals surface area contributed by atoms with Crippen molar-refractivity contribution in [1.29, 1.82) is 0 Å². The van der Waals surface area contributed by atoms with Crippen molar-refractivity contribution in [2.75, 3.05) is 12.0 Å². The number of nitrogens with zero attached hydrogens (tertiary/aromatic N) is 2. The molecule has 0 N–H and O–H groups in total. The van der Waals surface area contributed by atoms with Crippen LogP contribution in [0.15, 0.2) is 48.7 Å². The van der Waals surface area contributed by atoms with Crippen LogP contribution in [0.4, 0.5) is 10.5 Å². The molecule has 0 saturated heterocycles. The smallest absolute Gasteiger partial charge is 0.421 e. The summed E-state index contributed by atoms with van der Waals surface area (Å²) >= 11 is 0. The number of aryl methyl sites for hydroxylation is 1. The summed E-state index contributed by atoms with van der Waals surface area (Å²) in [5, 5.41) is 0.980. The average Bonchev–Trinajstić information content (AvgIpc) is 3.13. The van der Waals surface area contributed by atoms with Gasteiger partial charge in [-0.15, -0.1) is 0 Å². The Bertz CT molecular complexity index is 1120. The van der Waals surface area contributed by atoms with Gasteiger partial charge in [-0.25, -0.2) is 9.69 Å². The molecule has 6 nitrogen and oxygen atoms in total. The van der Waals surface area contributed by atoms with Crippen molar-refractivity contribution >= 4 is 28.6 Å². The number of amides is 2. The predicted molar refractivity (Wildman–Crippen MR) is 111 cm³/mol. The number of ether oxygens (including phenoxy) is 2. The van der Waals surface area contributed by atoms with Gasteiger partial charge in [0.05, 0.1) is 18.7 Å². The summed E-state index contributed by atoms with van der Waals surface area (Å²) in [4.78, 5) is 27.5. The van der Waals surface area contributed by atoms with Crippen LogP contribution in [0.2, 0.25) is 0 Å². The van der Waals surface area contributed by atoms with Gasteiger partial charge in [0.1, 0.15) is 11.4 Å². The zero-order valence-electron chi connectivity index (χ0n) is 17.2. The Morgan fingerprint density at radius 2 is 1.79 bits per heavy atom. The fourth-order valence-corrected chi connectivity index (χ4v) is 3.87. The van der Waals surface area contributed by atoms with E-state index in [4.69, 9.17) is 9.47 Å². The number of hydrogen-bond acceptors (Lipinski definition) is 4. The second-order valence-electron chi connectivity index (χ2n) is 8.22. The van der Waals surface area contributed by atoms with Crippen LogP contribution in [0.1, 0.15) is 37.8 Å². The fourth-order valence-electron chi connectivity index (χ4n) is 3.87. The van der Waals surface area contributed by atoms with Gasteiger partial charge in [-0.05, 0) is 56.2 Å². The Morgan fingerprint density at radius 3 is 2.48 bits per heavy atom. The van der Waals surface area contributed by atoms with Crippen LogP contribution < -0.4 is 9.64 Å². The molecular formula is C23H24N2O4. The van der Waals surface area contributed by atoms with Crippen molar-refractivity contribution in [1.82, 2.24) is 4.57 Å². The van der Waals surface area contributed by atoms with Crippen LogP contribution in [0.3, 0.4) is 0 Å². The van der Waals surface area contributed by atoms with Crippen LogP contribution in [-0.4, -0.2) is 29.3 Å². The number of carbonyl (C=O) groups is 2. The molecule has 0 saturated carbocycles. The number of methoxy groups -OCH3 is 1. The van der Waals surface area contributed by atoms with Crippen LogP contribution in [0.25, 0.3) is 10.9 Å². The van der Waals surface area contributed by atoms with Gasteiger partial charge in [-0.3, -0.25) is 4.79 Å². The highest BCUT2D eigenvalue weighted by atomic mass is 16.6. The molecule has 3 aromatic rings. The number of hydrogen-bond donors (Lipinski definition) is 0. The lowest BCUT2D eigenvalue weighted by Gasteiger charge is -2.24. The summed E-state index contributed by atoms with van der Waals surface area (Å²) in [5.74, 6) is -0.301. The van der Waals surface area contributed by atoms with E-state index in [2.05, 4.69) is 0 Å². The maximum Gasteiger partial charge on any atom is 0.421 e. The molecule has 150 valence electrons. The van der Waals surface area contributed by atoms with Gasteiger partial charge in [-0.1, -0.05) is 18.2 Å². The summed E-state index contributed by atoms with van der Waals surface area (Å²) in [6.07, 6.45) is 1.28. The molecule has 1 atom stereocenters. The van der Waals surface area contributed by atoms with Crippen molar-refractivity contribution < 1.29 is 19.1 Å². The van der Waals surface area contributed by atoms with E-state index >= 15 is 0 Å². The van der Waals surface area contributed by atoms with E-state index in [1.165, 1.54) is 0 Å². The Kier molecular flexibility index (Phi) is 4.37. The zero-order valence-corrected chi connectivity index (χ0v) is 17.2. The minimum absolute atomic E-state index is 0.321. The van der Waals surface area contributed by atoms with Crippen molar-refractivity contribution in [3.63, 3.8) is 0 Å². The van der Waals surface area contributed by atoms with Gasteiger partial charge in [0.2, 0.25) is 5.91 Å². The minimum atomic E-state index is -0.707. The molecule has 1 aromatic heterocycles. The molecule has 29 heavy (non-hydrogen) atoms. The quantitative estimate of drug-likeness (QED) is 0.639. The molecule has 6 heteroatoms. The second-order valence-corrected chi connectivity index (χ2v) is 8.22. The summed E-state index contributed by atoms with van der Waals surface area (Å²) < 4.78 is 12.9. The third-order valence-corrected chi connectivity index (χ3v) is 5.07. The monoisotopic (exact) mass is 392 g/mol. The van der Waals surface area contributed by atoms with Crippen LogP contribution >= 0.6 is 0 Å². The molecule has 0 aliphatic carbocycles. The molecule has 2 amide bonds. The van der Waals surface area contributed by atoms with Gasteiger partial charge in [0.25, 0.3) is 0 Å². The number of imide groups is 1. The summed E-state index contributed by atoms with van der Waals surface area (Å²) in [6.45, 7) is 5.34. The number of aromatic nitrogens is 1. The number of anilines is 1. The number of para-hydroxylation sites is 1. The first-order valence-corrected chi connectivity index (χ1v) is 9.50. The Balaban J connectivity index is 1.89. The lowest BCUT2D eigenvalue weighted by atomic mass is 9.92. The van der Waals surface area contributed by atoms with Crippen LogP contribution in [0, 0.1) is 0 Å². The highest BCUT2D eigenvalue weighted by molar-refractivity contribution is 6.21. The third kappa shape index (κ3) is 3.14. The summed E-state index contributed by atoms with van der Waals surface area (Å²) in [6, 6.07) is 13.2. The summed E-state index contributed by atoms with van der Waals surface area (Å²) in [7, 11) is 3.53. The maximum atomic E-state index is 13.5. The maximum absolute atomic E-state index is 13.5. The Hall–Kier alpha value is -3.28. The topological polar surface area (TPSA) is 60.8 Å². The standard InChI is InChI=1S/C23H24N2O4/c1-23(2,3)29-22(27)25-19-11-10-14(28-5)12-16(19)20(21(25)26)17-13-24(4)18-9-7-6-8-15(17)18/h6-13,20H,1-5H3. The van der Waals surface area contributed by atoms with E-state index in [1.54, 1.807) is 40.0 Å². The molecule has 0 spiro atoms. The van der Waals surface area contributed by atoms with E-state index in [0.29, 0.717) is 11.4 Å². The number of benzene rings is 2. The molecule has 0 fully saturated rings.